The first-order chi connectivity index (χ1) is 18.9. The van der Waals surface area contributed by atoms with E-state index in [0.717, 1.165) is 24.2 Å². The first kappa shape index (κ1) is 24.2. The lowest BCUT2D eigenvalue weighted by molar-refractivity contribution is -0.0175. The Bertz CT molecular complexity index is 1700. The van der Waals surface area contributed by atoms with E-state index < -0.39 is 35.9 Å². The number of rotatable bonds is 7. The van der Waals surface area contributed by atoms with Crippen molar-refractivity contribution < 1.29 is 29.9 Å². The Labute approximate surface area is 221 Å². The minimum Gasteiger partial charge on any atom is -0.505 e. The molecule has 2 aromatic carbocycles. The van der Waals surface area contributed by atoms with Crippen LogP contribution in [-0.4, -0.2) is 58.8 Å². The molecule has 0 spiro atoms. The Morgan fingerprint density at radius 1 is 1.05 bits per heavy atom. The van der Waals surface area contributed by atoms with Crippen molar-refractivity contribution in [2.75, 3.05) is 6.61 Å². The number of nitrogens with zero attached hydrogens (tertiary/aromatic N) is 5. The zero-order chi connectivity index (χ0) is 27.1. The van der Waals surface area contributed by atoms with Crippen molar-refractivity contribution in [3.8, 4) is 11.4 Å². The van der Waals surface area contributed by atoms with E-state index in [0.29, 0.717) is 22.5 Å². The van der Waals surface area contributed by atoms with Gasteiger partial charge in [-0.25, -0.2) is 14.3 Å². The monoisotopic (exact) mass is 528 g/mol. The molecule has 2 aliphatic rings. The second kappa shape index (κ2) is 9.65. The van der Waals surface area contributed by atoms with Gasteiger partial charge in [-0.2, -0.15) is 10.2 Å². The third kappa shape index (κ3) is 4.46. The summed E-state index contributed by atoms with van der Waals surface area (Å²) < 4.78 is 13.8. The molecule has 2 aromatic heterocycles. The van der Waals surface area contributed by atoms with Gasteiger partial charge in [0.25, 0.3) is 0 Å². The third-order valence-corrected chi connectivity index (χ3v) is 6.41. The van der Waals surface area contributed by atoms with E-state index in [1.54, 1.807) is 35.2 Å². The van der Waals surface area contributed by atoms with Gasteiger partial charge in [-0.05, 0) is 54.8 Å². The second-order valence-corrected chi connectivity index (χ2v) is 9.12. The maximum absolute atomic E-state index is 10.00. The smallest absolute Gasteiger partial charge is 0.333 e. The second-order valence-electron chi connectivity index (χ2n) is 9.12. The van der Waals surface area contributed by atoms with Crippen molar-refractivity contribution in [2.45, 2.75) is 24.9 Å². The summed E-state index contributed by atoms with van der Waals surface area (Å²) in [5, 5.41) is 57.6. The van der Waals surface area contributed by atoms with Crippen LogP contribution in [0.3, 0.4) is 0 Å². The summed E-state index contributed by atoms with van der Waals surface area (Å²) in [6, 6.07) is 16.3. The predicted molar refractivity (Wildman–Crippen MR) is 139 cm³/mol. The molecule has 1 fully saturated rings. The molecular formula is C27H24N6O6. The lowest BCUT2D eigenvalue weighted by Gasteiger charge is -2.23. The van der Waals surface area contributed by atoms with Crippen LogP contribution in [0.5, 0.6) is 5.75 Å². The predicted octanol–water partition coefficient (Wildman–Crippen LogP) is 3.29. The maximum atomic E-state index is 10.00. The van der Waals surface area contributed by atoms with E-state index in [9.17, 15) is 20.4 Å². The zero-order valence-corrected chi connectivity index (χ0v) is 20.5. The Morgan fingerprint density at radius 3 is 2.49 bits per heavy atom. The molecule has 4 aromatic rings. The number of aliphatic hydroxyl groups excluding tert-OH is 4. The molecule has 0 bridgehead atoms. The normalized spacial score (nSPS) is 17.7. The van der Waals surface area contributed by atoms with Gasteiger partial charge in [-0.15, -0.1) is 0 Å². The van der Waals surface area contributed by atoms with Crippen LogP contribution in [0, 0.1) is 5.41 Å². The van der Waals surface area contributed by atoms with E-state index in [1.165, 1.54) is 11.0 Å². The lowest BCUT2D eigenvalue weighted by Crippen LogP contribution is -2.28. The van der Waals surface area contributed by atoms with Gasteiger partial charge < -0.3 is 29.9 Å². The summed E-state index contributed by atoms with van der Waals surface area (Å²) in [5.41, 5.74) is 3.22. The summed E-state index contributed by atoms with van der Waals surface area (Å²) in [5.74, 6) is -2.18. The Morgan fingerprint density at radius 2 is 1.79 bits per heavy atom. The van der Waals surface area contributed by atoms with Gasteiger partial charge in [0.1, 0.15) is 12.1 Å². The largest absolute Gasteiger partial charge is 0.505 e. The van der Waals surface area contributed by atoms with Gasteiger partial charge in [0.15, 0.2) is 23.0 Å². The Balaban J connectivity index is 1.25. The molecule has 12 heteroatoms. The van der Waals surface area contributed by atoms with E-state index in [4.69, 9.17) is 20.0 Å². The molecule has 198 valence electrons. The highest BCUT2D eigenvalue weighted by Crippen LogP contribution is 2.41. The number of hydrogen-bond acceptors (Lipinski definition) is 10. The molecule has 0 radical (unpaired) electrons. The highest BCUT2D eigenvalue weighted by atomic mass is 16.7. The molecule has 5 N–H and O–H groups in total. The molecule has 0 amide bonds. The zero-order valence-electron chi connectivity index (χ0n) is 20.5. The quantitative estimate of drug-likeness (QED) is 0.227. The van der Waals surface area contributed by atoms with Gasteiger partial charge >= 0.3 is 5.95 Å². The molecule has 12 nitrogen and oxygen atoms in total. The van der Waals surface area contributed by atoms with Crippen LogP contribution < -0.4 is 10.2 Å². The van der Waals surface area contributed by atoms with Gasteiger partial charge in [0.2, 0.25) is 11.5 Å². The molecule has 1 aliphatic carbocycles. The number of benzene rings is 2. The topological polar surface area (TPSA) is 171 Å². The van der Waals surface area contributed by atoms with E-state index in [-0.39, 0.29) is 11.2 Å². The molecule has 0 saturated heterocycles. The van der Waals surface area contributed by atoms with Crippen LogP contribution in [0.15, 0.2) is 89.2 Å². The van der Waals surface area contributed by atoms with Gasteiger partial charge in [-0.1, -0.05) is 18.2 Å². The highest BCUT2D eigenvalue weighted by molar-refractivity contribution is 5.81. The molecule has 3 heterocycles. The summed E-state index contributed by atoms with van der Waals surface area (Å²) in [4.78, 5) is 4.58. The molecule has 1 saturated carbocycles. The van der Waals surface area contributed by atoms with Crippen LogP contribution in [0.1, 0.15) is 30.0 Å². The first-order valence-corrected chi connectivity index (χ1v) is 12.2. The minimum absolute atomic E-state index is 0.187. The van der Waals surface area contributed by atoms with Crippen LogP contribution in [0.2, 0.25) is 0 Å². The van der Waals surface area contributed by atoms with Crippen LogP contribution >= 0.6 is 0 Å². The molecule has 39 heavy (non-hydrogen) atoms. The number of aromatic nitrogens is 4. The SMILES string of the molecule is N=c1c2c(C3CC3)nn(-c3ccccc3)c2ncn1/N=C\c1ccc(OC2=C(O)C(O)=C(O)C(CO)O2)cc1. The van der Waals surface area contributed by atoms with Crippen molar-refractivity contribution in [2.24, 2.45) is 5.10 Å². The molecule has 6 rings (SSSR count). The van der Waals surface area contributed by atoms with Gasteiger partial charge in [0, 0.05) is 5.92 Å². The van der Waals surface area contributed by atoms with E-state index in [1.807, 2.05) is 30.3 Å². The molecular weight excluding hydrogens is 504 g/mol. The summed E-state index contributed by atoms with van der Waals surface area (Å²) in [6.07, 6.45) is 3.86. The van der Waals surface area contributed by atoms with Gasteiger partial charge in [-0.3, -0.25) is 5.41 Å². The standard InChI is InChI=1S/C27H24N6O6/c28-25-20-21(16-8-9-16)31-33(17-4-2-1-3-5-17)26(20)29-14-32(25)30-12-15-6-10-18(11-7-15)38-27-24(37)23(36)22(35)19(13-34)39-27/h1-7,10-12,14,16,19,28,34-37H,8-9,13H2/b28-25?,30-12-. The number of para-hydroxylation sites is 1. The number of nitrogens with one attached hydrogen (secondary N) is 1. The highest BCUT2D eigenvalue weighted by Gasteiger charge is 2.33. The number of ether oxygens (including phenoxy) is 2. The molecule has 1 unspecified atom stereocenters. The van der Waals surface area contributed by atoms with Crippen molar-refractivity contribution in [3.63, 3.8) is 0 Å². The average molecular weight is 529 g/mol. The van der Waals surface area contributed by atoms with E-state index >= 15 is 0 Å². The summed E-state index contributed by atoms with van der Waals surface area (Å²) in [7, 11) is 0. The van der Waals surface area contributed by atoms with Gasteiger partial charge in [0.05, 0.1) is 29.6 Å². The van der Waals surface area contributed by atoms with Crippen molar-refractivity contribution in [1.82, 2.24) is 19.4 Å². The Kier molecular flexibility index (Phi) is 6.00. The minimum atomic E-state index is -1.26. The summed E-state index contributed by atoms with van der Waals surface area (Å²) in [6.45, 7) is -0.628. The van der Waals surface area contributed by atoms with Crippen LogP contribution in [-0.2, 0) is 4.74 Å². The fraction of sp³-hybridized carbons (Fsp3) is 0.185. The average Bonchev–Trinajstić information content (AvgIpc) is 3.74. The lowest BCUT2D eigenvalue weighted by atomic mass is 10.2. The number of fused-ring (bicyclic) bond motifs is 1. The molecule has 1 aliphatic heterocycles. The fourth-order valence-electron chi connectivity index (χ4n) is 4.20. The van der Waals surface area contributed by atoms with E-state index in [2.05, 4.69) is 10.1 Å². The summed E-state index contributed by atoms with van der Waals surface area (Å²) >= 11 is 0. The van der Waals surface area contributed by atoms with Crippen LogP contribution in [0.25, 0.3) is 16.7 Å². The van der Waals surface area contributed by atoms with Crippen molar-refractivity contribution in [1.29, 1.82) is 5.41 Å². The maximum Gasteiger partial charge on any atom is 0.333 e. The molecule has 1 atom stereocenters. The van der Waals surface area contributed by atoms with Crippen molar-refractivity contribution >= 4 is 17.2 Å². The Hall–Kier alpha value is -5.10. The number of aliphatic hydroxyl groups is 4. The fourth-order valence-corrected chi connectivity index (χ4v) is 4.20. The van der Waals surface area contributed by atoms with Crippen molar-refractivity contribution in [3.05, 3.63) is 101 Å². The third-order valence-electron chi connectivity index (χ3n) is 6.41. The van der Waals surface area contributed by atoms with Crippen LogP contribution in [0.4, 0.5) is 0 Å². The number of hydrogen-bond donors (Lipinski definition) is 5. The first-order valence-electron chi connectivity index (χ1n) is 12.2.